The Kier molecular flexibility index (Phi) is 17.9. The van der Waals surface area contributed by atoms with E-state index in [9.17, 15) is 9.59 Å². The van der Waals surface area contributed by atoms with Gasteiger partial charge in [-0.15, -0.1) is 0 Å². The summed E-state index contributed by atoms with van der Waals surface area (Å²) in [5.74, 6) is -1.85. The smallest absolute Gasteiger partial charge is 1.00 e. The number of rotatable bonds is 2. The standard InChI is InChI=1S/C6H10O4.BH3O3.Li.H/c1-3-9-5(7)6(8)10-4-2;2-1(3)4;;/h3-4H2,1-2H3;2-4H;;/q;;+1;-1. The van der Waals surface area contributed by atoms with Gasteiger partial charge in [0.05, 0.1) is 13.2 Å². The maximum absolute atomic E-state index is 10.4. The van der Waals surface area contributed by atoms with E-state index < -0.39 is 19.3 Å². The van der Waals surface area contributed by atoms with Crippen LogP contribution in [-0.4, -0.2) is 47.5 Å². The molecule has 0 amide bonds. The van der Waals surface area contributed by atoms with Gasteiger partial charge in [0, 0.05) is 0 Å². The number of carbonyl (C=O) groups excluding carboxylic acids is 2. The van der Waals surface area contributed by atoms with Crippen LogP contribution >= 0.6 is 0 Å². The Labute approximate surface area is 101 Å². The van der Waals surface area contributed by atoms with Crippen molar-refractivity contribution in [1.29, 1.82) is 0 Å². The van der Waals surface area contributed by atoms with Crippen molar-refractivity contribution in [1.82, 2.24) is 0 Å². The molecule has 0 radical (unpaired) electrons. The number of ether oxygens (including phenoxy) is 2. The van der Waals surface area contributed by atoms with E-state index in [4.69, 9.17) is 15.1 Å². The number of hydrogen-bond donors (Lipinski definition) is 3. The molecule has 0 bridgehead atoms. The first-order valence-electron chi connectivity index (χ1n) is 3.83. The molecule has 0 aliphatic carbocycles. The molecule has 0 fully saturated rings. The quantitative estimate of drug-likeness (QED) is 0.241. The zero-order chi connectivity index (χ0) is 11.6. The molecule has 0 saturated heterocycles. The van der Waals surface area contributed by atoms with Crippen molar-refractivity contribution in [2.75, 3.05) is 13.2 Å². The maximum atomic E-state index is 10.4. The van der Waals surface area contributed by atoms with Crippen molar-refractivity contribution >= 4 is 19.3 Å². The molecule has 7 nitrogen and oxygen atoms in total. The fourth-order valence-corrected chi connectivity index (χ4v) is 0.380. The Hall–Kier alpha value is -0.518. The van der Waals surface area contributed by atoms with Gasteiger partial charge in [-0.25, -0.2) is 9.59 Å². The molecular weight excluding hydrogens is 202 g/mol. The second kappa shape index (κ2) is 13.5. The monoisotopic (exact) mass is 216 g/mol. The molecule has 84 valence electrons. The van der Waals surface area contributed by atoms with E-state index in [1.165, 1.54) is 0 Å². The van der Waals surface area contributed by atoms with Crippen LogP contribution in [0.1, 0.15) is 15.3 Å². The van der Waals surface area contributed by atoms with Crippen molar-refractivity contribution in [3.05, 3.63) is 0 Å². The summed E-state index contributed by atoms with van der Waals surface area (Å²) >= 11 is 0. The third kappa shape index (κ3) is 19.8. The van der Waals surface area contributed by atoms with E-state index in [-0.39, 0.29) is 33.5 Å². The first kappa shape index (κ1) is 20.0. The molecule has 0 spiro atoms. The van der Waals surface area contributed by atoms with Gasteiger partial charge >= 0.3 is 38.1 Å². The Morgan fingerprint density at radius 1 is 1.07 bits per heavy atom. The van der Waals surface area contributed by atoms with E-state index in [1.54, 1.807) is 13.8 Å². The number of esters is 2. The summed E-state index contributed by atoms with van der Waals surface area (Å²) in [6.07, 6.45) is 0. The minimum Gasteiger partial charge on any atom is -1.00 e. The van der Waals surface area contributed by atoms with Crippen LogP contribution in [0.2, 0.25) is 0 Å². The summed E-state index contributed by atoms with van der Waals surface area (Å²) in [5.41, 5.74) is 0. The fraction of sp³-hybridized carbons (Fsp3) is 0.667. The molecule has 9 heteroatoms. The predicted molar refractivity (Wildman–Crippen MR) is 46.8 cm³/mol. The van der Waals surface area contributed by atoms with Crippen LogP contribution < -0.4 is 18.9 Å². The van der Waals surface area contributed by atoms with Gasteiger partial charge in [-0.2, -0.15) is 0 Å². The molecule has 3 N–H and O–H groups in total. The number of hydrogen-bond acceptors (Lipinski definition) is 7. The molecule has 0 unspecified atom stereocenters. The molecule has 15 heavy (non-hydrogen) atoms. The van der Waals surface area contributed by atoms with Crippen molar-refractivity contribution in [2.24, 2.45) is 0 Å². The van der Waals surface area contributed by atoms with E-state index in [0.717, 1.165) is 0 Å². The van der Waals surface area contributed by atoms with Gasteiger partial charge in [-0.05, 0) is 13.8 Å². The third-order valence-electron chi connectivity index (χ3n) is 0.718. The Morgan fingerprint density at radius 3 is 1.40 bits per heavy atom. The fourth-order valence-electron chi connectivity index (χ4n) is 0.380. The van der Waals surface area contributed by atoms with Crippen LogP contribution in [0.15, 0.2) is 0 Å². The van der Waals surface area contributed by atoms with Crippen molar-refractivity contribution in [3.8, 4) is 0 Å². The van der Waals surface area contributed by atoms with E-state index in [2.05, 4.69) is 9.47 Å². The normalized spacial score (nSPS) is 7.53. The first-order valence-corrected chi connectivity index (χ1v) is 3.83. The number of carbonyl (C=O) groups is 2. The average Bonchev–Trinajstić information content (AvgIpc) is 2.04. The Bertz CT molecular complexity index is 162. The van der Waals surface area contributed by atoms with Crippen LogP contribution in [0.5, 0.6) is 0 Å². The van der Waals surface area contributed by atoms with Gasteiger partial charge in [0.1, 0.15) is 0 Å². The second-order valence-electron chi connectivity index (χ2n) is 1.79. The molecular formula is C6H14BLiO7. The summed E-state index contributed by atoms with van der Waals surface area (Å²) in [5, 5.41) is 21.5. The first-order chi connectivity index (χ1) is 6.45. The van der Waals surface area contributed by atoms with Gasteiger partial charge in [-0.1, -0.05) is 0 Å². The minimum atomic E-state index is -2.17. The van der Waals surface area contributed by atoms with Crippen LogP contribution in [0.25, 0.3) is 0 Å². The topological polar surface area (TPSA) is 113 Å². The van der Waals surface area contributed by atoms with Gasteiger partial charge in [0.25, 0.3) is 0 Å². The largest absolute Gasteiger partial charge is 1.00 e. The molecule has 0 rings (SSSR count). The van der Waals surface area contributed by atoms with Crippen molar-refractivity contribution in [3.63, 3.8) is 0 Å². The summed E-state index contributed by atoms with van der Waals surface area (Å²) in [4.78, 5) is 20.9. The molecule has 0 aliphatic rings. The summed E-state index contributed by atoms with van der Waals surface area (Å²) < 4.78 is 8.69. The van der Waals surface area contributed by atoms with Gasteiger partial charge < -0.3 is 26.0 Å². The van der Waals surface area contributed by atoms with Gasteiger partial charge in [-0.3, -0.25) is 0 Å². The zero-order valence-corrected chi connectivity index (χ0v) is 8.97. The SMILES string of the molecule is CCOC(=O)C(=O)OCC.OB(O)O.[H-].[Li+]. The molecule has 0 aromatic carbocycles. The minimum absolute atomic E-state index is 0. The van der Waals surface area contributed by atoms with E-state index >= 15 is 0 Å². The van der Waals surface area contributed by atoms with Gasteiger partial charge in [0.2, 0.25) is 0 Å². The second-order valence-corrected chi connectivity index (χ2v) is 1.79. The Balaban J connectivity index is -0.000000105. The summed E-state index contributed by atoms with van der Waals surface area (Å²) in [6.45, 7) is 3.63. The molecule has 0 saturated carbocycles. The van der Waals surface area contributed by atoms with E-state index in [0.29, 0.717) is 0 Å². The van der Waals surface area contributed by atoms with E-state index in [1.807, 2.05) is 0 Å². The molecule has 0 atom stereocenters. The average molecular weight is 216 g/mol. The third-order valence-corrected chi connectivity index (χ3v) is 0.718. The van der Waals surface area contributed by atoms with Gasteiger partial charge in [0.15, 0.2) is 0 Å². The maximum Gasteiger partial charge on any atom is 1.00 e. The molecule has 0 aromatic heterocycles. The molecule has 0 heterocycles. The van der Waals surface area contributed by atoms with Crippen molar-refractivity contribution < 1.29 is 54.4 Å². The van der Waals surface area contributed by atoms with Crippen LogP contribution in [-0.2, 0) is 19.1 Å². The van der Waals surface area contributed by atoms with Crippen molar-refractivity contribution in [2.45, 2.75) is 13.8 Å². The van der Waals surface area contributed by atoms with Crippen LogP contribution in [0, 0.1) is 0 Å². The summed E-state index contributed by atoms with van der Waals surface area (Å²) in [7, 11) is -2.17. The zero-order valence-electron chi connectivity index (χ0n) is 9.97. The van der Waals surface area contributed by atoms with Crippen LogP contribution in [0.4, 0.5) is 0 Å². The Morgan fingerprint density at radius 2 is 1.27 bits per heavy atom. The van der Waals surface area contributed by atoms with Crippen LogP contribution in [0.3, 0.4) is 0 Å². The predicted octanol–water partition coefficient (Wildman–Crippen LogP) is -4.82. The summed E-state index contributed by atoms with van der Waals surface area (Å²) in [6, 6.07) is 0. The molecule has 0 aromatic rings. The molecule has 0 aliphatic heterocycles.